The van der Waals surface area contributed by atoms with Crippen LogP contribution in [0.15, 0.2) is 6.07 Å². The lowest BCUT2D eigenvalue weighted by Crippen LogP contribution is -2.11. The van der Waals surface area contributed by atoms with Crippen LogP contribution in [0.3, 0.4) is 0 Å². The molecule has 1 aromatic rings. The van der Waals surface area contributed by atoms with Crippen LogP contribution in [0, 0.1) is 0 Å². The van der Waals surface area contributed by atoms with Crippen molar-refractivity contribution in [1.82, 2.24) is 9.97 Å². The van der Waals surface area contributed by atoms with E-state index in [1.165, 1.54) is 20.3 Å². The largest absolute Gasteiger partial charge is 0.481 e. The van der Waals surface area contributed by atoms with Gasteiger partial charge in [0, 0.05) is 0 Å². The van der Waals surface area contributed by atoms with Crippen molar-refractivity contribution in [3.63, 3.8) is 0 Å². The Bertz CT molecular complexity index is 333. The predicted molar refractivity (Wildman–Crippen MR) is 62.4 cm³/mol. The molecule has 1 heterocycles. The third-order valence-corrected chi connectivity index (χ3v) is 1.56. The van der Waals surface area contributed by atoms with Gasteiger partial charge in [-0.1, -0.05) is 13.8 Å². The summed E-state index contributed by atoms with van der Waals surface area (Å²) in [5, 5.41) is 0. The molecule has 6 nitrogen and oxygen atoms in total. The molecule has 0 aliphatic heterocycles. The zero-order valence-electron chi connectivity index (χ0n) is 10.8. The van der Waals surface area contributed by atoms with Crippen LogP contribution in [0.2, 0.25) is 0 Å². The van der Waals surface area contributed by atoms with E-state index < -0.39 is 5.97 Å². The molecule has 0 saturated heterocycles. The summed E-state index contributed by atoms with van der Waals surface area (Å²) in [6, 6.07) is 1.47. The topological polar surface area (TPSA) is 70.5 Å². The lowest BCUT2D eigenvalue weighted by atomic mass is 10.5. The Morgan fingerprint density at radius 3 is 2.00 bits per heavy atom. The summed E-state index contributed by atoms with van der Waals surface area (Å²) in [5.41, 5.74) is 0. The van der Waals surface area contributed by atoms with E-state index >= 15 is 0 Å². The minimum atomic E-state index is -0.602. The van der Waals surface area contributed by atoms with E-state index in [4.69, 9.17) is 14.2 Å². The number of hydrogen-bond donors (Lipinski definition) is 0. The molecule has 0 aromatic carbocycles. The third-order valence-electron chi connectivity index (χ3n) is 1.56. The molecule has 0 atom stereocenters. The Morgan fingerprint density at radius 2 is 1.65 bits per heavy atom. The zero-order chi connectivity index (χ0) is 13.3. The molecule has 1 aromatic heterocycles. The van der Waals surface area contributed by atoms with Gasteiger partial charge in [-0.3, -0.25) is 0 Å². The molecule has 0 saturated carbocycles. The van der Waals surface area contributed by atoms with Crippen molar-refractivity contribution in [2.45, 2.75) is 20.8 Å². The number of carbonyl (C=O) groups is 1. The summed E-state index contributed by atoms with van der Waals surface area (Å²) >= 11 is 0. The first-order valence-electron chi connectivity index (χ1n) is 5.35. The Kier molecular flexibility index (Phi) is 7.41. The van der Waals surface area contributed by atoms with E-state index in [-0.39, 0.29) is 24.2 Å². The Balaban J connectivity index is 0.00000121. The van der Waals surface area contributed by atoms with Crippen molar-refractivity contribution < 1.29 is 19.0 Å². The monoisotopic (exact) mass is 242 g/mol. The van der Waals surface area contributed by atoms with Gasteiger partial charge in [0.2, 0.25) is 17.6 Å². The van der Waals surface area contributed by atoms with Gasteiger partial charge >= 0.3 is 5.97 Å². The maximum absolute atomic E-state index is 11.3. The molecule has 6 heteroatoms. The van der Waals surface area contributed by atoms with Crippen LogP contribution in [-0.2, 0) is 4.74 Å². The lowest BCUT2D eigenvalue weighted by Gasteiger charge is -2.05. The second kappa shape index (κ2) is 8.32. The summed E-state index contributed by atoms with van der Waals surface area (Å²) in [6.45, 7) is 5.97. The van der Waals surface area contributed by atoms with E-state index in [1.807, 2.05) is 13.8 Å². The van der Waals surface area contributed by atoms with E-state index in [0.717, 1.165) is 0 Å². The molecule has 96 valence electrons. The molecule has 0 spiro atoms. The number of aromatic nitrogens is 2. The third kappa shape index (κ3) is 4.67. The van der Waals surface area contributed by atoms with Crippen molar-refractivity contribution in [2.75, 3.05) is 20.8 Å². The SMILES string of the molecule is CC.CCOC(=O)c1nc(OC)cc(OC)n1. The standard InChI is InChI=1S/C9H12N2O4.C2H6/c1-4-15-9(12)8-10-6(13-2)5-7(11-8)14-3;1-2/h5H,4H2,1-3H3;1-2H3. The molecule has 17 heavy (non-hydrogen) atoms. The second-order valence-corrected chi connectivity index (χ2v) is 2.50. The summed E-state index contributed by atoms with van der Waals surface area (Å²) < 4.78 is 14.5. The first kappa shape index (κ1) is 15.2. The van der Waals surface area contributed by atoms with Gasteiger partial charge in [0.05, 0.1) is 26.9 Å². The van der Waals surface area contributed by atoms with E-state index in [1.54, 1.807) is 6.92 Å². The Labute approximate surface area is 101 Å². The number of rotatable bonds is 4. The normalized spacial score (nSPS) is 8.76. The highest BCUT2D eigenvalue weighted by Crippen LogP contribution is 2.14. The predicted octanol–water partition coefficient (Wildman–Crippen LogP) is 1.70. The van der Waals surface area contributed by atoms with E-state index in [9.17, 15) is 4.79 Å². The number of ether oxygens (including phenoxy) is 3. The molecular formula is C11H18N2O4. The van der Waals surface area contributed by atoms with Crippen molar-refractivity contribution in [3.05, 3.63) is 11.9 Å². The van der Waals surface area contributed by atoms with Crippen LogP contribution in [0.4, 0.5) is 0 Å². The average Bonchev–Trinajstić information content (AvgIpc) is 2.40. The van der Waals surface area contributed by atoms with Gasteiger partial charge < -0.3 is 14.2 Å². The van der Waals surface area contributed by atoms with Crippen molar-refractivity contribution in [3.8, 4) is 11.8 Å². The summed E-state index contributed by atoms with van der Waals surface area (Å²) in [7, 11) is 2.88. The van der Waals surface area contributed by atoms with Crippen LogP contribution in [0.25, 0.3) is 0 Å². The van der Waals surface area contributed by atoms with Crippen LogP contribution < -0.4 is 9.47 Å². The molecule has 0 amide bonds. The van der Waals surface area contributed by atoms with Crippen LogP contribution >= 0.6 is 0 Å². The van der Waals surface area contributed by atoms with E-state index in [0.29, 0.717) is 0 Å². The Hall–Kier alpha value is -1.85. The zero-order valence-corrected chi connectivity index (χ0v) is 10.8. The highest BCUT2D eigenvalue weighted by Gasteiger charge is 2.13. The second-order valence-electron chi connectivity index (χ2n) is 2.50. The van der Waals surface area contributed by atoms with Crippen LogP contribution in [0.5, 0.6) is 11.8 Å². The van der Waals surface area contributed by atoms with Gasteiger partial charge in [-0.05, 0) is 6.92 Å². The molecule has 0 unspecified atom stereocenters. The van der Waals surface area contributed by atoms with Gasteiger partial charge in [0.1, 0.15) is 0 Å². The smallest absolute Gasteiger partial charge is 0.376 e. The minimum absolute atomic E-state index is 0.0759. The van der Waals surface area contributed by atoms with Crippen LogP contribution in [0.1, 0.15) is 31.4 Å². The molecule has 0 bridgehead atoms. The maximum atomic E-state index is 11.3. The maximum Gasteiger partial charge on any atom is 0.376 e. The molecule has 0 N–H and O–H groups in total. The summed E-state index contributed by atoms with van der Waals surface area (Å²) in [6.07, 6.45) is 0. The van der Waals surface area contributed by atoms with Crippen molar-refractivity contribution in [2.24, 2.45) is 0 Å². The van der Waals surface area contributed by atoms with Gasteiger partial charge in [-0.2, -0.15) is 9.97 Å². The van der Waals surface area contributed by atoms with Crippen LogP contribution in [-0.4, -0.2) is 36.8 Å². The van der Waals surface area contributed by atoms with Gasteiger partial charge in [-0.25, -0.2) is 4.79 Å². The molecule has 0 fully saturated rings. The molecule has 0 aliphatic rings. The minimum Gasteiger partial charge on any atom is -0.481 e. The number of methoxy groups -OCH3 is 2. The van der Waals surface area contributed by atoms with Crippen molar-refractivity contribution in [1.29, 1.82) is 0 Å². The van der Waals surface area contributed by atoms with E-state index in [2.05, 4.69) is 9.97 Å². The highest BCUT2D eigenvalue weighted by molar-refractivity contribution is 5.85. The van der Waals surface area contributed by atoms with Gasteiger partial charge in [0.15, 0.2) is 0 Å². The van der Waals surface area contributed by atoms with Crippen molar-refractivity contribution >= 4 is 5.97 Å². The average molecular weight is 242 g/mol. The molecular weight excluding hydrogens is 224 g/mol. The first-order valence-corrected chi connectivity index (χ1v) is 5.35. The fourth-order valence-electron chi connectivity index (χ4n) is 0.900. The highest BCUT2D eigenvalue weighted by atomic mass is 16.5. The summed E-state index contributed by atoms with van der Waals surface area (Å²) in [4.78, 5) is 19.0. The molecule has 0 radical (unpaired) electrons. The lowest BCUT2D eigenvalue weighted by molar-refractivity contribution is 0.0509. The number of esters is 1. The van der Waals surface area contributed by atoms with Gasteiger partial charge in [0.25, 0.3) is 0 Å². The quantitative estimate of drug-likeness (QED) is 0.748. The number of nitrogens with zero attached hydrogens (tertiary/aromatic N) is 2. The number of hydrogen-bond acceptors (Lipinski definition) is 6. The Morgan fingerprint density at radius 1 is 1.18 bits per heavy atom. The van der Waals surface area contributed by atoms with Gasteiger partial charge in [-0.15, -0.1) is 0 Å². The fraction of sp³-hybridized carbons (Fsp3) is 0.545. The summed E-state index contributed by atoms with van der Waals surface area (Å²) in [5.74, 6) is -0.169. The molecule has 1 rings (SSSR count). The first-order chi connectivity index (χ1) is 8.21. The fourth-order valence-corrected chi connectivity index (χ4v) is 0.900. The number of carbonyl (C=O) groups excluding carboxylic acids is 1. The molecule has 0 aliphatic carbocycles.